The predicted molar refractivity (Wildman–Crippen MR) is 164 cm³/mol. The van der Waals surface area contributed by atoms with E-state index >= 15 is 0 Å². The Hall–Kier alpha value is -5.04. The van der Waals surface area contributed by atoms with Crippen molar-refractivity contribution in [2.45, 2.75) is 33.0 Å². The third kappa shape index (κ3) is 8.26. The van der Waals surface area contributed by atoms with Crippen molar-refractivity contribution in [1.29, 1.82) is 0 Å². The molecule has 0 radical (unpaired) electrons. The molecule has 0 unspecified atom stereocenters. The molecule has 2 aliphatic heterocycles. The molecule has 220 valence electrons. The van der Waals surface area contributed by atoms with E-state index in [2.05, 4.69) is 0 Å². The molecule has 0 aromatic heterocycles. The number of benzene rings is 4. The maximum atomic E-state index is 11.7. The summed E-state index contributed by atoms with van der Waals surface area (Å²) < 4.78 is 27.7. The smallest absolute Gasteiger partial charge is 0.331 e. The highest BCUT2D eigenvalue weighted by molar-refractivity contribution is 5.99. The molecule has 7 heteroatoms. The van der Waals surface area contributed by atoms with E-state index in [-0.39, 0.29) is 11.8 Å². The van der Waals surface area contributed by atoms with E-state index in [0.717, 1.165) is 39.5 Å². The lowest BCUT2D eigenvalue weighted by Crippen LogP contribution is -2.15. The lowest BCUT2D eigenvalue weighted by molar-refractivity contribution is -0.137. The monoisotopic (exact) mass is 578 g/mol. The highest BCUT2D eigenvalue weighted by Crippen LogP contribution is 2.36. The molecule has 0 spiro atoms. The number of carbonyl (C=O) groups excluding carboxylic acids is 2. The second-order valence-corrected chi connectivity index (χ2v) is 9.91. The van der Waals surface area contributed by atoms with Crippen LogP contribution in [0.4, 0.5) is 0 Å². The van der Waals surface area contributed by atoms with Crippen LogP contribution in [0.25, 0.3) is 5.57 Å². The van der Waals surface area contributed by atoms with Gasteiger partial charge in [0.1, 0.15) is 36.2 Å². The van der Waals surface area contributed by atoms with Gasteiger partial charge in [0, 0.05) is 36.6 Å². The molecule has 0 aliphatic carbocycles. The quantitative estimate of drug-likeness (QED) is 0.161. The number of rotatable bonds is 8. The predicted octanol–water partition coefficient (Wildman–Crippen LogP) is 7.23. The fourth-order valence-electron chi connectivity index (χ4n) is 4.67. The molecule has 0 saturated heterocycles. The summed E-state index contributed by atoms with van der Waals surface area (Å²) in [6.07, 6.45) is 2.70. The fourth-order valence-corrected chi connectivity index (χ4v) is 4.67. The van der Waals surface area contributed by atoms with Crippen LogP contribution in [-0.2, 0) is 22.7 Å². The van der Waals surface area contributed by atoms with Gasteiger partial charge in [-0.1, -0.05) is 60.7 Å². The van der Waals surface area contributed by atoms with Gasteiger partial charge in [0.15, 0.2) is 5.78 Å². The number of Topliss-reactive ketones (excluding diaryl/α,β-unsaturated/α-hetero) is 1. The third-order valence-corrected chi connectivity index (χ3v) is 6.84. The molecule has 43 heavy (non-hydrogen) atoms. The van der Waals surface area contributed by atoms with Crippen molar-refractivity contribution < 1.29 is 33.3 Å². The number of hydrogen-bond donors (Lipinski definition) is 0. The second kappa shape index (κ2) is 14.7. The van der Waals surface area contributed by atoms with Gasteiger partial charge in [0.25, 0.3) is 0 Å². The van der Waals surface area contributed by atoms with Crippen molar-refractivity contribution in [2.24, 2.45) is 0 Å². The first-order valence-corrected chi connectivity index (χ1v) is 14.4. The molecule has 2 aliphatic rings. The van der Waals surface area contributed by atoms with Gasteiger partial charge in [-0.15, -0.1) is 0 Å². The van der Waals surface area contributed by atoms with E-state index in [1.807, 2.05) is 84.9 Å². The Morgan fingerprint density at radius 2 is 1.26 bits per heavy atom. The molecule has 2 heterocycles. The number of hydrogen-bond acceptors (Lipinski definition) is 7. The molecule has 4 aromatic carbocycles. The zero-order valence-electron chi connectivity index (χ0n) is 24.1. The van der Waals surface area contributed by atoms with Crippen LogP contribution < -0.4 is 18.9 Å². The Balaban J connectivity index is 0.000000176. The first-order valence-electron chi connectivity index (χ1n) is 14.4. The highest BCUT2D eigenvalue weighted by atomic mass is 16.5. The van der Waals surface area contributed by atoms with Crippen molar-refractivity contribution in [3.8, 4) is 23.0 Å². The van der Waals surface area contributed by atoms with E-state index in [1.54, 1.807) is 25.1 Å². The maximum Gasteiger partial charge on any atom is 0.331 e. The largest absolute Gasteiger partial charge is 0.492 e. The third-order valence-electron chi connectivity index (χ3n) is 6.84. The van der Waals surface area contributed by atoms with Crippen molar-refractivity contribution in [3.63, 3.8) is 0 Å². The van der Waals surface area contributed by atoms with Gasteiger partial charge in [0.2, 0.25) is 0 Å². The Labute approximate surface area is 251 Å². The number of esters is 1. The minimum Gasteiger partial charge on any atom is -0.492 e. The van der Waals surface area contributed by atoms with Crippen molar-refractivity contribution in [3.05, 3.63) is 125 Å². The topological polar surface area (TPSA) is 80.3 Å². The molecule has 4 aromatic rings. The SMILES string of the molecule is CCOC(=O)/C=C1\CCOc2cc(OCc3ccccc3)ccc21.O=C1CCOc2cc(OCc3ccccc3)ccc21. The summed E-state index contributed by atoms with van der Waals surface area (Å²) in [5, 5.41) is 0. The summed E-state index contributed by atoms with van der Waals surface area (Å²) in [6.45, 7) is 4.18. The zero-order chi connectivity index (χ0) is 29.9. The van der Waals surface area contributed by atoms with Crippen LogP contribution in [0.15, 0.2) is 103 Å². The second-order valence-electron chi connectivity index (χ2n) is 9.91. The van der Waals surface area contributed by atoms with Crippen molar-refractivity contribution in [1.82, 2.24) is 0 Å². The summed E-state index contributed by atoms with van der Waals surface area (Å²) in [6, 6.07) is 31.0. The minimum absolute atomic E-state index is 0.135. The van der Waals surface area contributed by atoms with Crippen LogP contribution in [0.1, 0.15) is 46.8 Å². The highest BCUT2D eigenvalue weighted by Gasteiger charge is 2.19. The van der Waals surface area contributed by atoms with E-state index in [4.69, 9.17) is 23.7 Å². The first-order chi connectivity index (χ1) is 21.1. The van der Waals surface area contributed by atoms with Gasteiger partial charge < -0.3 is 23.7 Å². The number of ether oxygens (including phenoxy) is 5. The average molecular weight is 579 g/mol. The van der Waals surface area contributed by atoms with Crippen LogP contribution in [0.2, 0.25) is 0 Å². The van der Waals surface area contributed by atoms with E-state index in [0.29, 0.717) is 57.2 Å². The van der Waals surface area contributed by atoms with E-state index in [9.17, 15) is 9.59 Å². The molecule has 0 bridgehead atoms. The van der Waals surface area contributed by atoms with Crippen LogP contribution in [0.5, 0.6) is 23.0 Å². The molecule has 0 saturated carbocycles. The van der Waals surface area contributed by atoms with Crippen LogP contribution in [0.3, 0.4) is 0 Å². The molecular weight excluding hydrogens is 544 g/mol. The van der Waals surface area contributed by atoms with E-state index in [1.165, 1.54) is 0 Å². The van der Waals surface area contributed by atoms with Crippen molar-refractivity contribution >= 4 is 17.3 Å². The maximum absolute atomic E-state index is 11.7. The molecule has 7 nitrogen and oxygen atoms in total. The summed E-state index contributed by atoms with van der Waals surface area (Å²) in [4.78, 5) is 23.3. The lowest BCUT2D eigenvalue weighted by atomic mass is 9.99. The van der Waals surface area contributed by atoms with Crippen LogP contribution in [0, 0.1) is 0 Å². The van der Waals surface area contributed by atoms with Gasteiger partial charge in [-0.2, -0.15) is 0 Å². The number of ketones is 1. The molecule has 0 N–H and O–H groups in total. The average Bonchev–Trinajstić information content (AvgIpc) is 3.04. The van der Waals surface area contributed by atoms with E-state index < -0.39 is 0 Å². The van der Waals surface area contributed by atoms with Gasteiger partial charge in [-0.3, -0.25) is 4.79 Å². The summed E-state index contributed by atoms with van der Waals surface area (Å²) in [7, 11) is 0. The standard InChI is InChI=1S/C20H20O4.C16H14O3/c1-2-22-20(21)12-16-10-11-23-19-13-17(8-9-18(16)19)24-14-15-6-4-3-5-7-15;17-15-8-9-18-16-10-13(6-7-14(15)16)19-11-12-4-2-1-3-5-12/h3-9,12-13H,2,10-11,14H2,1H3;1-7,10H,8-9,11H2/b16-12+;. The van der Waals surface area contributed by atoms with Crippen LogP contribution in [-0.4, -0.2) is 31.6 Å². The Bertz CT molecular complexity index is 1560. The van der Waals surface area contributed by atoms with Gasteiger partial charge >= 0.3 is 5.97 Å². The molecule has 6 rings (SSSR count). The summed E-state index contributed by atoms with van der Waals surface area (Å²) in [5.41, 5.74) is 4.72. The fraction of sp³-hybridized carbons (Fsp3) is 0.222. The Kier molecular flexibility index (Phi) is 10.1. The Morgan fingerprint density at radius 3 is 1.84 bits per heavy atom. The normalized spacial score (nSPS) is 14.2. The summed E-state index contributed by atoms with van der Waals surface area (Å²) in [5.74, 6) is 2.65. The Morgan fingerprint density at radius 1 is 0.721 bits per heavy atom. The number of carbonyl (C=O) groups is 2. The molecule has 0 atom stereocenters. The zero-order valence-corrected chi connectivity index (χ0v) is 24.1. The van der Waals surface area contributed by atoms with Crippen LogP contribution >= 0.6 is 0 Å². The van der Waals surface area contributed by atoms with Gasteiger partial charge in [-0.25, -0.2) is 4.79 Å². The van der Waals surface area contributed by atoms with Crippen molar-refractivity contribution in [2.75, 3.05) is 19.8 Å². The molecular formula is C36H34O7. The van der Waals surface area contributed by atoms with Gasteiger partial charge in [-0.05, 0) is 47.9 Å². The minimum atomic E-state index is -0.315. The molecule has 0 amide bonds. The lowest BCUT2D eigenvalue weighted by Gasteiger charge is -2.21. The summed E-state index contributed by atoms with van der Waals surface area (Å²) >= 11 is 0. The van der Waals surface area contributed by atoms with Gasteiger partial charge in [0.05, 0.1) is 25.4 Å². The molecule has 0 fully saturated rings. The number of fused-ring (bicyclic) bond motifs is 2. The first kappa shape index (κ1) is 29.5.